The summed E-state index contributed by atoms with van der Waals surface area (Å²) in [7, 11) is 0. The number of carbonyl (C=O) groups is 1. The number of benzene rings is 3. The number of carbonyl (C=O) groups excluding carboxylic acids is 1. The Morgan fingerprint density at radius 3 is 1.88 bits per heavy atom. The number of hydrogen-bond acceptors (Lipinski definition) is 3. The van der Waals surface area contributed by atoms with Gasteiger partial charge in [-0.25, -0.2) is 0 Å². The molecule has 0 saturated carbocycles. The smallest absolute Gasteiger partial charge is 0.214 e. The lowest BCUT2D eigenvalue weighted by atomic mass is 9.92. The summed E-state index contributed by atoms with van der Waals surface area (Å²) in [5, 5.41) is 14.7. The van der Waals surface area contributed by atoms with Gasteiger partial charge in [-0.05, 0) is 24.0 Å². The third-order valence-corrected chi connectivity index (χ3v) is 5.02. The lowest BCUT2D eigenvalue weighted by Crippen LogP contribution is -2.53. The van der Waals surface area contributed by atoms with Crippen molar-refractivity contribution >= 4 is 5.78 Å². The number of aliphatic hydroxyl groups is 1. The third kappa shape index (κ3) is 3.07. The van der Waals surface area contributed by atoms with Crippen LogP contribution in [0, 0.1) is 0 Å². The Hall–Kier alpha value is -2.75. The zero-order chi connectivity index (χ0) is 18.0. The summed E-state index contributed by atoms with van der Waals surface area (Å²) in [6, 6.07) is 26.4. The molecule has 0 spiro atoms. The first-order chi connectivity index (χ1) is 12.7. The van der Waals surface area contributed by atoms with Crippen molar-refractivity contribution in [2.45, 2.75) is 24.6 Å². The molecule has 26 heavy (non-hydrogen) atoms. The number of hydrogen-bond donors (Lipinski definition) is 2. The molecule has 130 valence electrons. The van der Waals surface area contributed by atoms with Gasteiger partial charge in [-0.1, -0.05) is 84.9 Å². The number of rotatable bonds is 5. The molecule has 3 aromatic rings. The second kappa shape index (κ2) is 6.87. The molecule has 4 rings (SSSR count). The van der Waals surface area contributed by atoms with Crippen LogP contribution in [-0.4, -0.2) is 16.9 Å². The van der Waals surface area contributed by atoms with Gasteiger partial charge in [-0.3, -0.25) is 10.1 Å². The summed E-state index contributed by atoms with van der Waals surface area (Å²) in [6.45, 7) is 0. The maximum absolute atomic E-state index is 13.2. The van der Waals surface area contributed by atoms with Gasteiger partial charge in [-0.2, -0.15) is 0 Å². The van der Waals surface area contributed by atoms with Crippen LogP contribution in [0.25, 0.3) is 0 Å². The van der Waals surface area contributed by atoms with Crippen molar-refractivity contribution in [3.63, 3.8) is 0 Å². The maximum Gasteiger partial charge on any atom is 0.214 e. The summed E-state index contributed by atoms with van der Waals surface area (Å²) in [4.78, 5) is 13.2. The van der Waals surface area contributed by atoms with Crippen LogP contribution in [0.3, 0.4) is 0 Å². The molecular weight excluding hydrogens is 322 g/mol. The van der Waals surface area contributed by atoms with E-state index in [1.165, 1.54) is 11.1 Å². The summed E-state index contributed by atoms with van der Waals surface area (Å²) < 4.78 is 0. The second-order valence-electron chi connectivity index (χ2n) is 6.79. The second-order valence-corrected chi connectivity index (χ2v) is 6.79. The highest BCUT2D eigenvalue weighted by atomic mass is 16.3. The zero-order valence-electron chi connectivity index (χ0n) is 14.4. The predicted molar refractivity (Wildman–Crippen MR) is 102 cm³/mol. The Morgan fingerprint density at radius 2 is 1.31 bits per heavy atom. The van der Waals surface area contributed by atoms with E-state index in [0.29, 0.717) is 11.1 Å². The van der Waals surface area contributed by atoms with Gasteiger partial charge in [0.15, 0.2) is 0 Å². The van der Waals surface area contributed by atoms with E-state index in [4.69, 9.17) is 0 Å². The van der Waals surface area contributed by atoms with E-state index in [9.17, 15) is 9.90 Å². The normalized spacial score (nSPS) is 16.0. The highest BCUT2D eigenvalue weighted by molar-refractivity contribution is 6.02. The first-order valence-corrected chi connectivity index (χ1v) is 8.89. The molecule has 3 aromatic carbocycles. The minimum absolute atomic E-state index is 0.00488. The summed E-state index contributed by atoms with van der Waals surface area (Å²) in [5.41, 5.74) is 1.84. The molecule has 0 aromatic heterocycles. The number of nitrogens with one attached hydrogen (secondary N) is 1. The van der Waals surface area contributed by atoms with E-state index in [0.717, 1.165) is 12.8 Å². The van der Waals surface area contributed by atoms with Crippen molar-refractivity contribution in [1.29, 1.82) is 0 Å². The van der Waals surface area contributed by atoms with Crippen LogP contribution < -0.4 is 5.32 Å². The molecule has 1 aliphatic rings. The Labute approximate surface area is 153 Å². The maximum atomic E-state index is 13.2. The molecule has 0 saturated heterocycles. The Bertz CT molecular complexity index is 883. The molecule has 1 atom stereocenters. The van der Waals surface area contributed by atoms with Crippen molar-refractivity contribution in [3.8, 4) is 0 Å². The zero-order valence-corrected chi connectivity index (χ0v) is 14.4. The molecule has 0 heterocycles. The van der Waals surface area contributed by atoms with Crippen LogP contribution >= 0.6 is 0 Å². The van der Waals surface area contributed by atoms with Crippen molar-refractivity contribution in [2.24, 2.45) is 0 Å². The molecule has 1 unspecified atom stereocenters. The van der Waals surface area contributed by atoms with Gasteiger partial charge < -0.3 is 5.11 Å². The minimum atomic E-state index is -1.75. The lowest BCUT2D eigenvalue weighted by molar-refractivity contribution is 0.00268. The molecule has 3 heteroatoms. The highest BCUT2D eigenvalue weighted by Crippen LogP contribution is 2.28. The molecule has 0 fully saturated rings. The Balaban J connectivity index is 1.67. The van der Waals surface area contributed by atoms with E-state index in [2.05, 4.69) is 17.4 Å². The fourth-order valence-electron chi connectivity index (χ4n) is 3.71. The monoisotopic (exact) mass is 343 g/mol. The molecule has 2 N–H and O–H groups in total. The van der Waals surface area contributed by atoms with Crippen molar-refractivity contribution in [1.82, 2.24) is 5.32 Å². The van der Waals surface area contributed by atoms with Gasteiger partial charge in [0.05, 0.1) is 0 Å². The number of ketones is 1. The fraction of sp³-hybridized carbons (Fsp3) is 0.174. The minimum Gasteiger partial charge on any atom is -0.365 e. The van der Waals surface area contributed by atoms with Gasteiger partial charge in [0.25, 0.3) is 0 Å². The van der Waals surface area contributed by atoms with Crippen LogP contribution in [-0.2, 0) is 18.6 Å². The largest absolute Gasteiger partial charge is 0.365 e. The SMILES string of the molecule is O=C(c1ccccc1)C(O)(NC1Cc2ccccc2C1)c1ccccc1. The Morgan fingerprint density at radius 1 is 0.808 bits per heavy atom. The summed E-state index contributed by atoms with van der Waals surface area (Å²) >= 11 is 0. The van der Waals surface area contributed by atoms with E-state index < -0.39 is 5.72 Å². The highest BCUT2D eigenvalue weighted by Gasteiger charge is 2.41. The standard InChI is InChI=1S/C23H21NO2/c25-22(17-9-3-1-4-10-17)23(26,20-13-5-2-6-14-20)24-21-15-18-11-7-8-12-19(18)16-21/h1-14,21,24,26H,15-16H2. The van der Waals surface area contributed by atoms with Crippen molar-refractivity contribution < 1.29 is 9.90 Å². The van der Waals surface area contributed by atoms with Gasteiger partial charge in [0, 0.05) is 17.2 Å². The third-order valence-electron chi connectivity index (χ3n) is 5.02. The van der Waals surface area contributed by atoms with E-state index in [1.807, 2.05) is 48.5 Å². The van der Waals surface area contributed by atoms with Gasteiger partial charge in [0.2, 0.25) is 11.5 Å². The molecule has 0 amide bonds. The van der Waals surface area contributed by atoms with Crippen LogP contribution in [0.15, 0.2) is 84.9 Å². The lowest BCUT2D eigenvalue weighted by Gasteiger charge is -2.31. The quantitative estimate of drug-likeness (QED) is 0.551. The number of Topliss-reactive ketones (excluding diaryl/α,β-unsaturated/α-hetero) is 1. The van der Waals surface area contributed by atoms with Crippen LogP contribution in [0.4, 0.5) is 0 Å². The van der Waals surface area contributed by atoms with Crippen LogP contribution in [0.2, 0.25) is 0 Å². The molecule has 1 aliphatic carbocycles. The van der Waals surface area contributed by atoms with Gasteiger partial charge in [0.1, 0.15) is 0 Å². The average Bonchev–Trinajstić information content (AvgIpc) is 3.10. The summed E-state index contributed by atoms with van der Waals surface area (Å²) in [5.74, 6) is -0.333. The molecule has 0 radical (unpaired) electrons. The van der Waals surface area contributed by atoms with E-state index in [-0.39, 0.29) is 11.8 Å². The Kier molecular flexibility index (Phi) is 4.41. The predicted octanol–water partition coefficient (Wildman–Crippen LogP) is 3.47. The first kappa shape index (κ1) is 16.7. The van der Waals surface area contributed by atoms with Crippen LogP contribution in [0.5, 0.6) is 0 Å². The van der Waals surface area contributed by atoms with E-state index >= 15 is 0 Å². The molecular formula is C23H21NO2. The van der Waals surface area contributed by atoms with Gasteiger partial charge in [-0.15, -0.1) is 0 Å². The average molecular weight is 343 g/mol. The molecule has 0 bridgehead atoms. The van der Waals surface area contributed by atoms with Gasteiger partial charge >= 0.3 is 0 Å². The fourth-order valence-corrected chi connectivity index (χ4v) is 3.71. The molecule has 0 aliphatic heterocycles. The van der Waals surface area contributed by atoms with Crippen LogP contribution in [0.1, 0.15) is 27.0 Å². The number of fused-ring (bicyclic) bond motifs is 1. The van der Waals surface area contributed by atoms with Crippen molar-refractivity contribution in [2.75, 3.05) is 0 Å². The molecule has 3 nitrogen and oxygen atoms in total. The van der Waals surface area contributed by atoms with Crippen molar-refractivity contribution in [3.05, 3.63) is 107 Å². The first-order valence-electron chi connectivity index (χ1n) is 8.89. The van der Waals surface area contributed by atoms with E-state index in [1.54, 1.807) is 24.3 Å². The summed E-state index contributed by atoms with van der Waals surface area (Å²) in [6.07, 6.45) is 1.60. The topological polar surface area (TPSA) is 49.3 Å².